The highest BCUT2D eigenvalue weighted by Crippen LogP contribution is 2.37. The topological polar surface area (TPSA) is 40.6 Å². The number of likely N-dealkylation sites (tertiary alicyclic amines) is 1. The second kappa shape index (κ2) is 6.59. The third kappa shape index (κ3) is 2.95. The molecule has 2 fully saturated rings. The smallest absolute Gasteiger partial charge is 0.228 e. The molecule has 6 heteroatoms. The molecule has 2 atom stereocenters. The highest BCUT2D eigenvalue weighted by atomic mass is 32.1. The fourth-order valence-electron chi connectivity index (χ4n) is 3.82. The van der Waals surface area contributed by atoms with E-state index in [4.69, 9.17) is 0 Å². The van der Waals surface area contributed by atoms with Crippen molar-refractivity contribution in [3.63, 3.8) is 0 Å². The van der Waals surface area contributed by atoms with Crippen LogP contribution in [0.3, 0.4) is 0 Å². The first-order chi connectivity index (χ1) is 12.1. The predicted octanol–water partition coefficient (Wildman–Crippen LogP) is 3.60. The molecule has 2 saturated heterocycles. The van der Waals surface area contributed by atoms with Crippen LogP contribution in [0.4, 0.5) is 10.1 Å². The van der Waals surface area contributed by atoms with Crippen molar-refractivity contribution < 1.29 is 14.0 Å². The second-order valence-corrected chi connectivity index (χ2v) is 7.54. The number of para-hydroxylation sites is 1. The molecule has 25 heavy (non-hydrogen) atoms. The van der Waals surface area contributed by atoms with Crippen molar-refractivity contribution in [2.24, 2.45) is 5.92 Å². The standard InChI is InChI=1S/C19H19FN2O2S/c20-14-5-1-2-6-15(14)22-12-13(11-18(22)23)19(24)21-9-3-7-16(21)17-8-4-10-25-17/h1-2,4-6,8,10,13,16H,3,7,9,11-12H2/t13-,16-/m0/s1. The summed E-state index contributed by atoms with van der Waals surface area (Å²) in [5.41, 5.74) is 0.263. The van der Waals surface area contributed by atoms with Crippen molar-refractivity contribution in [1.29, 1.82) is 0 Å². The molecule has 1 aromatic heterocycles. The second-order valence-electron chi connectivity index (χ2n) is 6.56. The third-order valence-corrected chi connectivity index (χ3v) is 6.00. The number of benzene rings is 1. The van der Waals surface area contributed by atoms with E-state index >= 15 is 0 Å². The highest BCUT2D eigenvalue weighted by Gasteiger charge is 2.41. The molecule has 2 aliphatic heterocycles. The van der Waals surface area contributed by atoms with Crippen LogP contribution in [0.25, 0.3) is 0 Å². The summed E-state index contributed by atoms with van der Waals surface area (Å²) in [6.07, 6.45) is 2.09. The highest BCUT2D eigenvalue weighted by molar-refractivity contribution is 7.10. The fraction of sp³-hybridized carbons (Fsp3) is 0.368. The third-order valence-electron chi connectivity index (χ3n) is 5.03. The quantitative estimate of drug-likeness (QED) is 0.841. The van der Waals surface area contributed by atoms with Crippen LogP contribution in [0.5, 0.6) is 0 Å². The number of hydrogen-bond donors (Lipinski definition) is 0. The van der Waals surface area contributed by atoms with Gasteiger partial charge in [-0.2, -0.15) is 0 Å². The molecule has 0 radical (unpaired) electrons. The van der Waals surface area contributed by atoms with Gasteiger partial charge < -0.3 is 9.80 Å². The van der Waals surface area contributed by atoms with Crippen LogP contribution in [0.15, 0.2) is 41.8 Å². The molecule has 130 valence electrons. The summed E-state index contributed by atoms with van der Waals surface area (Å²) < 4.78 is 14.0. The first-order valence-electron chi connectivity index (χ1n) is 8.54. The predicted molar refractivity (Wildman–Crippen MR) is 94.9 cm³/mol. The Bertz CT molecular complexity index is 792. The zero-order chi connectivity index (χ0) is 17.4. The van der Waals surface area contributed by atoms with E-state index in [0.717, 1.165) is 19.4 Å². The number of halogens is 1. The Labute approximate surface area is 149 Å². The number of rotatable bonds is 3. The fourth-order valence-corrected chi connectivity index (χ4v) is 4.69. The van der Waals surface area contributed by atoms with E-state index in [-0.39, 0.29) is 36.5 Å². The molecule has 0 aliphatic carbocycles. The molecule has 0 saturated carbocycles. The summed E-state index contributed by atoms with van der Waals surface area (Å²) in [5, 5.41) is 2.02. The van der Waals surface area contributed by atoms with E-state index in [1.165, 1.54) is 15.8 Å². The number of hydrogen-bond acceptors (Lipinski definition) is 3. The molecule has 3 heterocycles. The lowest BCUT2D eigenvalue weighted by atomic mass is 10.1. The Morgan fingerprint density at radius 2 is 2.04 bits per heavy atom. The molecule has 2 amide bonds. The average Bonchev–Trinajstić information content (AvgIpc) is 3.35. The van der Waals surface area contributed by atoms with Gasteiger partial charge >= 0.3 is 0 Å². The summed E-state index contributed by atoms with van der Waals surface area (Å²) in [6, 6.07) is 10.4. The van der Waals surface area contributed by atoms with E-state index in [9.17, 15) is 14.0 Å². The summed E-state index contributed by atoms with van der Waals surface area (Å²) in [4.78, 5) is 29.9. The van der Waals surface area contributed by atoms with Crippen molar-refractivity contribution in [1.82, 2.24) is 4.90 Å². The monoisotopic (exact) mass is 358 g/mol. The molecular weight excluding hydrogens is 339 g/mol. The normalized spacial score (nSPS) is 23.5. The summed E-state index contributed by atoms with van der Waals surface area (Å²) in [5.74, 6) is -0.993. The van der Waals surface area contributed by atoms with Gasteiger partial charge in [-0.3, -0.25) is 9.59 Å². The zero-order valence-corrected chi connectivity index (χ0v) is 14.5. The molecule has 0 N–H and O–H groups in total. The summed E-state index contributed by atoms with van der Waals surface area (Å²) in [7, 11) is 0. The van der Waals surface area contributed by atoms with Gasteiger partial charge in [0, 0.05) is 24.4 Å². The number of carbonyl (C=O) groups is 2. The largest absolute Gasteiger partial charge is 0.335 e. The van der Waals surface area contributed by atoms with Gasteiger partial charge in [-0.1, -0.05) is 18.2 Å². The van der Waals surface area contributed by atoms with Crippen LogP contribution in [0.2, 0.25) is 0 Å². The van der Waals surface area contributed by atoms with Crippen LogP contribution in [0, 0.1) is 11.7 Å². The molecular formula is C19H19FN2O2S. The van der Waals surface area contributed by atoms with Crippen molar-refractivity contribution in [3.8, 4) is 0 Å². The molecule has 0 spiro atoms. The number of amides is 2. The maximum atomic E-state index is 14.0. The Morgan fingerprint density at radius 3 is 2.80 bits per heavy atom. The minimum Gasteiger partial charge on any atom is -0.335 e. The molecule has 1 aromatic carbocycles. The molecule has 0 unspecified atom stereocenters. The van der Waals surface area contributed by atoms with Gasteiger partial charge in [0.25, 0.3) is 0 Å². The van der Waals surface area contributed by atoms with Gasteiger partial charge in [0.05, 0.1) is 17.6 Å². The summed E-state index contributed by atoms with van der Waals surface area (Å²) >= 11 is 1.66. The van der Waals surface area contributed by atoms with E-state index in [1.54, 1.807) is 29.5 Å². The number of carbonyl (C=O) groups excluding carboxylic acids is 2. The van der Waals surface area contributed by atoms with Crippen molar-refractivity contribution >= 4 is 28.8 Å². The molecule has 0 bridgehead atoms. The van der Waals surface area contributed by atoms with Crippen molar-refractivity contribution in [3.05, 3.63) is 52.5 Å². The van der Waals surface area contributed by atoms with Gasteiger partial charge in [0.2, 0.25) is 11.8 Å². The lowest BCUT2D eigenvalue weighted by Gasteiger charge is -2.26. The van der Waals surface area contributed by atoms with Gasteiger partial charge in [-0.05, 0) is 36.4 Å². The van der Waals surface area contributed by atoms with Crippen LogP contribution >= 0.6 is 11.3 Å². The number of nitrogens with zero attached hydrogens (tertiary/aromatic N) is 2. The maximum absolute atomic E-state index is 14.0. The number of thiophene rings is 1. The van der Waals surface area contributed by atoms with Crippen molar-refractivity contribution in [2.75, 3.05) is 18.0 Å². The SMILES string of the molecule is O=C1C[C@H](C(=O)N2CCC[C@H]2c2cccs2)CN1c1ccccc1F. The first-order valence-corrected chi connectivity index (χ1v) is 9.42. The molecule has 4 rings (SSSR count). The van der Waals surface area contributed by atoms with Crippen LogP contribution in [-0.2, 0) is 9.59 Å². The lowest BCUT2D eigenvalue weighted by molar-refractivity contribution is -0.136. The van der Waals surface area contributed by atoms with E-state index in [2.05, 4.69) is 6.07 Å². The van der Waals surface area contributed by atoms with E-state index < -0.39 is 11.7 Å². The van der Waals surface area contributed by atoms with Crippen LogP contribution in [-0.4, -0.2) is 29.8 Å². The van der Waals surface area contributed by atoms with E-state index in [1.807, 2.05) is 16.3 Å². The Morgan fingerprint density at radius 1 is 1.20 bits per heavy atom. The Balaban J connectivity index is 1.52. The van der Waals surface area contributed by atoms with Crippen LogP contribution < -0.4 is 4.90 Å². The van der Waals surface area contributed by atoms with Gasteiger partial charge in [-0.25, -0.2) is 4.39 Å². The summed E-state index contributed by atoms with van der Waals surface area (Å²) in [6.45, 7) is 0.984. The molecule has 2 aromatic rings. The minimum atomic E-state index is -0.429. The van der Waals surface area contributed by atoms with Gasteiger partial charge in [0.15, 0.2) is 0 Å². The Kier molecular flexibility index (Phi) is 4.29. The zero-order valence-electron chi connectivity index (χ0n) is 13.7. The lowest BCUT2D eigenvalue weighted by Crippen LogP contribution is -2.37. The minimum absolute atomic E-state index is 0.0167. The molecule has 2 aliphatic rings. The maximum Gasteiger partial charge on any atom is 0.228 e. The molecule has 4 nitrogen and oxygen atoms in total. The van der Waals surface area contributed by atoms with Crippen LogP contribution in [0.1, 0.15) is 30.2 Å². The Hall–Kier alpha value is -2.21. The average molecular weight is 358 g/mol. The van der Waals surface area contributed by atoms with Gasteiger partial charge in [-0.15, -0.1) is 11.3 Å². The van der Waals surface area contributed by atoms with E-state index in [0.29, 0.717) is 0 Å². The first kappa shape index (κ1) is 16.3. The number of anilines is 1. The van der Waals surface area contributed by atoms with Crippen molar-refractivity contribution in [2.45, 2.75) is 25.3 Å². The van der Waals surface area contributed by atoms with Gasteiger partial charge in [0.1, 0.15) is 5.82 Å².